The fraction of sp³-hybridized carbons (Fsp3) is 0.846. The van der Waals surface area contributed by atoms with Crippen molar-refractivity contribution in [1.82, 2.24) is 9.80 Å². The summed E-state index contributed by atoms with van der Waals surface area (Å²) in [5.41, 5.74) is -0.753. The van der Waals surface area contributed by atoms with Crippen LogP contribution in [-0.2, 0) is 9.59 Å². The number of likely N-dealkylation sites (tertiary alicyclic amines) is 2. The molecule has 18 heavy (non-hydrogen) atoms. The van der Waals surface area contributed by atoms with Gasteiger partial charge in [-0.2, -0.15) is 0 Å². The Hall–Kier alpha value is -1.10. The van der Waals surface area contributed by atoms with Crippen molar-refractivity contribution in [3.63, 3.8) is 0 Å². The van der Waals surface area contributed by atoms with Gasteiger partial charge in [-0.15, -0.1) is 0 Å². The number of hydrogen-bond donors (Lipinski definition) is 1. The fourth-order valence-electron chi connectivity index (χ4n) is 2.76. The summed E-state index contributed by atoms with van der Waals surface area (Å²) in [5, 5.41) is 9.96. The second-order valence-corrected chi connectivity index (χ2v) is 5.65. The maximum Gasteiger partial charge on any atom is 0.224 e. The van der Waals surface area contributed by atoms with E-state index in [4.69, 9.17) is 0 Å². The first kappa shape index (κ1) is 13.3. The number of hydrogen-bond acceptors (Lipinski definition) is 3. The molecule has 2 rings (SSSR count). The molecule has 2 saturated heterocycles. The number of aliphatic hydroxyl groups is 1. The van der Waals surface area contributed by atoms with Crippen molar-refractivity contribution in [3.8, 4) is 0 Å². The van der Waals surface area contributed by atoms with Crippen molar-refractivity contribution in [2.24, 2.45) is 0 Å². The van der Waals surface area contributed by atoms with Gasteiger partial charge in [-0.25, -0.2) is 0 Å². The third-order valence-electron chi connectivity index (χ3n) is 3.79. The molecule has 0 radical (unpaired) electrons. The fourth-order valence-corrected chi connectivity index (χ4v) is 2.76. The molecule has 2 fully saturated rings. The van der Waals surface area contributed by atoms with Crippen LogP contribution in [0, 0.1) is 0 Å². The average Bonchev–Trinajstić information content (AvgIpc) is 2.70. The molecule has 5 nitrogen and oxygen atoms in total. The zero-order valence-corrected chi connectivity index (χ0v) is 11.0. The molecule has 2 amide bonds. The molecule has 0 spiro atoms. The van der Waals surface area contributed by atoms with Gasteiger partial charge in [0.05, 0.1) is 5.60 Å². The highest BCUT2D eigenvalue weighted by Gasteiger charge is 2.31. The molecule has 0 bridgehead atoms. The third-order valence-corrected chi connectivity index (χ3v) is 3.79. The van der Waals surface area contributed by atoms with Crippen molar-refractivity contribution in [2.45, 2.75) is 44.6 Å². The van der Waals surface area contributed by atoms with Gasteiger partial charge < -0.3 is 14.9 Å². The van der Waals surface area contributed by atoms with Crippen LogP contribution in [0.4, 0.5) is 0 Å². The lowest BCUT2D eigenvalue weighted by atomic mass is 9.95. The van der Waals surface area contributed by atoms with Gasteiger partial charge in [0.2, 0.25) is 11.8 Å². The number of nitrogens with zero attached hydrogens (tertiary/aromatic N) is 2. The van der Waals surface area contributed by atoms with Gasteiger partial charge in [-0.05, 0) is 26.2 Å². The summed E-state index contributed by atoms with van der Waals surface area (Å²) in [6.07, 6.45) is 3.50. The van der Waals surface area contributed by atoms with Gasteiger partial charge in [0.1, 0.15) is 0 Å². The van der Waals surface area contributed by atoms with Crippen LogP contribution in [-0.4, -0.2) is 58.5 Å². The molecule has 0 unspecified atom stereocenters. The average molecular weight is 254 g/mol. The van der Waals surface area contributed by atoms with Gasteiger partial charge in [0.15, 0.2) is 0 Å². The standard InChI is InChI=1S/C13H22N2O3/c1-13(18)6-3-8-15(10-13)12(17)5-9-14-7-2-4-11(14)16/h18H,2-10H2,1H3/t13-/m0/s1. The number of amides is 2. The van der Waals surface area contributed by atoms with E-state index in [0.717, 1.165) is 32.4 Å². The first-order valence-electron chi connectivity index (χ1n) is 6.76. The number of rotatable bonds is 3. The minimum atomic E-state index is -0.753. The highest BCUT2D eigenvalue weighted by Crippen LogP contribution is 2.21. The van der Waals surface area contributed by atoms with E-state index < -0.39 is 5.60 Å². The topological polar surface area (TPSA) is 60.9 Å². The van der Waals surface area contributed by atoms with Gasteiger partial charge in [0.25, 0.3) is 0 Å². The van der Waals surface area contributed by atoms with Gasteiger partial charge in [-0.3, -0.25) is 9.59 Å². The summed E-state index contributed by atoms with van der Waals surface area (Å²) in [6, 6.07) is 0. The summed E-state index contributed by atoms with van der Waals surface area (Å²) in [5.74, 6) is 0.211. The summed E-state index contributed by atoms with van der Waals surface area (Å²) in [6.45, 7) is 4.22. The van der Waals surface area contributed by atoms with Crippen molar-refractivity contribution in [1.29, 1.82) is 0 Å². The van der Waals surface area contributed by atoms with Gasteiger partial charge >= 0.3 is 0 Å². The number of carbonyl (C=O) groups excluding carboxylic acids is 2. The van der Waals surface area contributed by atoms with Crippen molar-refractivity contribution >= 4 is 11.8 Å². The lowest BCUT2D eigenvalue weighted by Crippen LogP contribution is -2.49. The molecule has 0 aromatic carbocycles. The van der Waals surface area contributed by atoms with Crippen LogP contribution in [0.15, 0.2) is 0 Å². The Morgan fingerprint density at radius 3 is 2.78 bits per heavy atom. The number of β-amino-alcohol motifs (C(OH)–C–C–N with tert-alkyl or cyclic N) is 1. The second kappa shape index (κ2) is 5.26. The Labute approximate surface area is 108 Å². The molecule has 1 atom stereocenters. The molecule has 5 heteroatoms. The van der Waals surface area contributed by atoms with E-state index in [1.165, 1.54) is 0 Å². The molecule has 2 aliphatic rings. The van der Waals surface area contributed by atoms with Crippen molar-refractivity contribution in [3.05, 3.63) is 0 Å². The molecular weight excluding hydrogens is 232 g/mol. The van der Waals surface area contributed by atoms with E-state index in [2.05, 4.69) is 0 Å². The Balaban J connectivity index is 1.79. The predicted molar refractivity (Wildman–Crippen MR) is 66.9 cm³/mol. The Morgan fingerprint density at radius 2 is 2.17 bits per heavy atom. The Kier molecular flexibility index (Phi) is 3.90. The minimum Gasteiger partial charge on any atom is -0.388 e. The SMILES string of the molecule is C[C@]1(O)CCCN(C(=O)CCN2CCCC2=O)C1. The number of piperidine rings is 1. The van der Waals surface area contributed by atoms with E-state index in [1.54, 1.807) is 16.7 Å². The van der Waals surface area contributed by atoms with Crippen LogP contribution in [0.5, 0.6) is 0 Å². The summed E-state index contributed by atoms with van der Waals surface area (Å²) in [4.78, 5) is 26.9. The molecule has 0 aromatic rings. The van der Waals surface area contributed by atoms with E-state index in [9.17, 15) is 14.7 Å². The lowest BCUT2D eigenvalue weighted by molar-refractivity contribution is -0.138. The summed E-state index contributed by atoms with van der Waals surface area (Å²) < 4.78 is 0. The highest BCUT2D eigenvalue weighted by atomic mass is 16.3. The summed E-state index contributed by atoms with van der Waals surface area (Å²) in [7, 11) is 0. The van der Waals surface area contributed by atoms with Crippen LogP contribution in [0.25, 0.3) is 0 Å². The Bertz CT molecular complexity index is 341. The van der Waals surface area contributed by atoms with Crippen LogP contribution < -0.4 is 0 Å². The zero-order valence-electron chi connectivity index (χ0n) is 11.0. The molecule has 0 aromatic heterocycles. The van der Waals surface area contributed by atoms with Gasteiger partial charge in [0, 0.05) is 39.0 Å². The largest absolute Gasteiger partial charge is 0.388 e. The Morgan fingerprint density at radius 1 is 1.39 bits per heavy atom. The predicted octanol–water partition coefficient (Wildman–Crippen LogP) is 0.372. The first-order chi connectivity index (χ1) is 8.48. The van der Waals surface area contributed by atoms with Crippen molar-refractivity contribution in [2.75, 3.05) is 26.2 Å². The molecule has 2 aliphatic heterocycles. The van der Waals surface area contributed by atoms with Crippen LogP contribution >= 0.6 is 0 Å². The minimum absolute atomic E-state index is 0.0506. The van der Waals surface area contributed by atoms with Crippen LogP contribution in [0.1, 0.15) is 39.0 Å². The van der Waals surface area contributed by atoms with E-state index in [1.807, 2.05) is 0 Å². The van der Waals surface area contributed by atoms with Gasteiger partial charge in [-0.1, -0.05) is 0 Å². The smallest absolute Gasteiger partial charge is 0.224 e. The lowest BCUT2D eigenvalue weighted by Gasteiger charge is -2.37. The molecule has 0 saturated carbocycles. The molecule has 0 aliphatic carbocycles. The molecule has 2 heterocycles. The third kappa shape index (κ3) is 3.22. The number of carbonyl (C=O) groups is 2. The normalized spacial score (nSPS) is 28.9. The maximum absolute atomic E-state index is 12.0. The first-order valence-corrected chi connectivity index (χ1v) is 6.76. The van der Waals surface area contributed by atoms with Crippen molar-refractivity contribution < 1.29 is 14.7 Å². The summed E-state index contributed by atoms with van der Waals surface area (Å²) >= 11 is 0. The maximum atomic E-state index is 12.0. The van der Waals surface area contributed by atoms with Crippen LogP contribution in [0.2, 0.25) is 0 Å². The molecular formula is C13H22N2O3. The van der Waals surface area contributed by atoms with E-state index >= 15 is 0 Å². The zero-order chi connectivity index (χ0) is 13.2. The van der Waals surface area contributed by atoms with Crippen LogP contribution in [0.3, 0.4) is 0 Å². The van der Waals surface area contributed by atoms with E-state index in [-0.39, 0.29) is 11.8 Å². The monoisotopic (exact) mass is 254 g/mol. The van der Waals surface area contributed by atoms with E-state index in [0.29, 0.717) is 25.9 Å². The molecule has 102 valence electrons. The molecule has 1 N–H and O–H groups in total. The quantitative estimate of drug-likeness (QED) is 0.791. The second-order valence-electron chi connectivity index (χ2n) is 5.65. The highest BCUT2D eigenvalue weighted by molar-refractivity contribution is 5.80.